The van der Waals surface area contributed by atoms with Crippen molar-refractivity contribution in [1.82, 2.24) is 0 Å². The maximum Gasteiger partial charge on any atom is 0.252 e. The van der Waals surface area contributed by atoms with Crippen molar-refractivity contribution < 1.29 is 71.5 Å². The number of benzene rings is 1. The van der Waals surface area contributed by atoms with Crippen molar-refractivity contribution in [2.45, 2.75) is 45.8 Å². The van der Waals surface area contributed by atoms with Gasteiger partial charge < -0.3 is 28.4 Å². The minimum Gasteiger partial charge on any atom is -1.00 e. The van der Waals surface area contributed by atoms with Gasteiger partial charge in [0, 0.05) is 61.2 Å². The summed E-state index contributed by atoms with van der Waals surface area (Å²) in [5.41, 5.74) is 6.35. The summed E-state index contributed by atoms with van der Waals surface area (Å²) in [5.74, 6) is 0.0940. The fourth-order valence-electron chi connectivity index (χ4n) is 1.41. The second-order valence-corrected chi connectivity index (χ2v) is 4.61. The zero-order valence-corrected chi connectivity index (χ0v) is 18.8. The van der Waals surface area contributed by atoms with Gasteiger partial charge in [-0.15, -0.1) is 0 Å². The molecule has 21 heavy (non-hydrogen) atoms. The Labute approximate surface area is 173 Å². The Bertz CT molecular complexity index is 411. The molecule has 0 bridgehead atoms. The van der Waals surface area contributed by atoms with Gasteiger partial charge in [-0.25, -0.2) is 0 Å². The van der Waals surface area contributed by atoms with Crippen molar-refractivity contribution in [1.29, 1.82) is 0 Å². The largest absolute Gasteiger partial charge is 1.00 e. The molecule has 0 unspecified atom stereocenters. The van der Waals surface area contributed by atoms with Gasteiger partial charge in [-0.1, -0.05) is 19.9 Å². The minimum absolute atomic E-state index is 0. The van der Waals surface area contributed by atoms with E-state index in [1.165, 1.54) is 6.07 Å². The molecule has 0 heterocycles. The summed E-state index contributed by atoms with van der Waals surface area (Å²) in [6, 6.07) is 4.64. The third-order valence-corrected chi connectivity index (χ3v) is 3.10. The van der Waals surface area contributed by atoms with E-state index in [0.29, 0.717) is 11.1 Å². The second kappa shape index (κ2) is 14.2. The van der Waals surface area contributed by atoms with Gasteiger partial charge in [0.1, 0.15) is 5.75 Å². The molecule has 0 saturated heterocycles. The van der Waals surface area contributed by atoms with Crippen LogP contribution in [0.1, 0.15) is 42.6 Å². The van der Waals surface area contributed by atoms with Gasteiger partial charge in [0.2, 0.25) is 0 Å². The predicted molar refractivity (Wildman–Crippen MR) is 77.6 cm³/mol. The molecule has 0 aliphatic rings. The molecule has 0 saturated carbocycles. The van der Waals surface area contributed by atoms with E-state index in [-0.39, 0.29) is 74.4 Å². The van der Waals surface area contributed by atoms with Crippen LogP contribution in [0.25, 0.3) is 0 Å². The summed E-state index contributed by atoms with van der Waals surface area (Å²) < 4.78 is 0. The molecule has 1 aromatic carbocycles. The topological polar surface area (TPSA) is 83.6 Å². The molecule has 0 aliphatic heterocycles. The van der Waals surface area contributed by atoms with Crippen LogP contribution >= 0.6 is 11.6 Å². The summed E-state index contributed by atoms with van der Waals surface area (Å²) >= 11 is 5.23. The Kier molecular flexibility index (Phi) is 18.0. The number of rotatable bonds is 4. The smallest absolute Gasteiger partial charge is 0.252 e. The number of carbonyl (C=O) groups excluding carboxylic acids is 1. The van der Waals surface area contributed by atoms with E-state index in [9.17, 15) is 4.79 Å². The quantitative estimate of drug-likeness (QED) is 0.445. The number of phenolic OH excluding ortho intramolecular Hbond substituents is 1. The molecule has 4 N–H and O–H groups in total. The Morgan fingerprint density at radius 2 is 1.86 bits per heavy atom. The molecule has 119 valence electrons. The SMILES string of the molecule is CC[C@@H](O)[C@@H](N)CC.Cc1c(O)cccc1C(=O)Cl.[Ac].[Cl-]. The van der Waals surface area contributed by atoms with E-state index in [1.807, 2.05) is 13.8 Å². The van der Waals surface area contributed by atoms with Crippen LogP contribution in [0.5, 0.6) is 5.75 Å². The van der Waals surface area contributed by atoms with Gasteiger partial charge in [0.15, 0.2) is 0 Å². The van der Waals surface area contributed by atoms with Crippen LogP contribution in [-0.4, -0.2) is 27.6 Å². The molecular weight excluding hydrogens is 528 g/mol. The van der Waals surface area contributed by atoms with Crippen LogP contribution < -0.4 is 18.1 Å². The van der Waals surface area contributed by atoms with Gasteiger partial charge in [-0.3, -0.25) is 4.79 Å². The van der Waals surface area contributed by atoms with Crippen LogP contribution in [0, 0.1) is 51.0 Å². The van der Waals surface area contributed by atoms with E-state index >= 15 is 0 Å². The van der Waals surface area contributed by atoms with Gasteiger partial charge in [0.05, 0.1) is 6.10 Å². The molecule has 0 amide bonds. The maximum atomic E-state index is 10.7. The van der Waals surface area contributed by atoms with Crippen molar-refractivity contribution in [3.05, 3.63) is 29.3 Å². The standard InChI is InChI=1S/C8H7ClO2.C6H15NO.Ac.ClH/c1-5-6(8(9)11)3-2-4-7(5)10;1-3-5(7)6(8)4-2;;/h2-4,10H,1H3;5-6,8H,3-4,7H2,1-2H3;;1H/p-1/t;5-,6+;;/m.0../s1. The summed E-state index contributed by atoms with van der Waals surface area (Å²) in [6.45, 7) is 5.55. The molecule has 0 spiro atoms. The zero-order chi connectivity index (χ0) is 15.0. The molecule has 0 fully saturated rings. The van der Waals surface area contributed by atoms with Crippen molar-refractivity contribution in [3.8, 4) is 5.75 Å². The molecule has 1 radical (unpaired) electrons. The molecule has 0 aromatic heterocycles. The number of halogens is 2. The molecular formula is C14H22AcCl2NO3-. The fraction of sp³-hybridized carbons (Fsp3) is 0.500. The van der Waals surface area contributed by atoms with Crippen molar-refractivity contribution in [3.63, 3.8) is 0 Å². The summed E-state index contributed by atoms with van der Waals surface area (Å²) in [4.78, 5) is 10.7. The number of aliphatic hydroxyl groups is 1. The van der Waals surface area contributed by atoms with Crippen LogP contribution in [0.2, 0.25) is 0 Å². The number of nitrogens with two attached hydrogens (primary N) is 1. The third kappa shape index (κ3) is 10.1. The first-order valence-electron chi connectivity index (χ1n) is 6.27. The Morgan fingerprint density at radius 3 is 2.14 bits per heavy atom. The fourth-order valence-corrected chi connectivity index (χ4v) is 1.62. The molecule has 1 rings (SSSR count). The van der Waals surface area contributed by atoms with Crippen LogP contribution in [0.3, 0.4) is 0 Å². The maximum absolute atomic E-state index is 10.7. The van der Waals surface area contributed by atoms with E-state index in [1.54, 1.807) is 19.1 Å². The first-order valence-corrected chi connectivity index (χ1v) is 6.64. The van der Waals surface area contributed by atoms with Gasteiger partial charge in [0.25, 0.3) is 5.24 Å². The van der Waals surface area contributed by atoms with Crippen LogP contribution in [0.15, 0.2) is 18.2 Å². The van der Waals surface area contributed by atoms with E-state index in [4.69, 9.17) is 27.5 Å². The van der Waals surface area contributed by atoms with Crippen LogP contribution in [0.4, 0.5) is 0 Å². The zero-order valence-electron chi connectivity index (χ0n) is 12.5. The van der Waals surface area contributed by atoms with Crippen molar-refractivity contribution in [2.24, 2.45) is 5.73 Å². The Hall–Kier alpha value is 0.632. The van der Waals surface area contributed by atoms with E-state index in [0.717, 1.165) is 12.8 Å². The molecule has 7 heteroatoms. The minimum atomic E-state index is -0.543. The number of aliphatic hydroxyl groups excluding tert-OH is 1. The average Bonchev–Trinajstić information content (AvgIpc) is 2.40. The van der Waals surface area contributed by atoms with E-state index < -0.39 is 5.24 Å². The third-order valence-electron chi connectivity index (χ3n) is 2.90. The number of hydrogen-bond donors (Lipinski definition) is 3. The normalized spacial score (nSPS) is 11.9. The number of phenols is 1. The van der Waals surface area contributed by atoms with Gasteiger partial charge in [-0.05, 0) is 43.5 Å². The molecule has 2 atom stereocenters. The Balaban J connectivity index is -0.000000295. The van der Waals surface area contributed by atoms with Gasteiger partial charge in [-0.2, -0.15) is 0 Å². The summed E-state index contributed by atoms with van der Waals surface area (Å²) in [5, 5.41) is 17.6. The molecule has 1 aromatic rings. The second-order valence-electron chi connectivity index (χ2n) is 4.27. The summed E-state index contributed by atoms with van der Waals surface area (Å²) in [6.07, 6.45) is 1.31. The molecule has 4 nitrogen and oxygen atoms in total. The Morgan fingerprint density at radius 1 is 1.33 bits per heavy atom. The molecule has 0 aliphatic carbocycles. The van der Waals surface area contributed by atoms with Crippen LogP contribution in [-0.2, 0) is 0 Å². The average molecular weight is 550 g/mol. The van der Waals surface area contributed by atoms with Gasteiger partial charge >= 0.3 is 0 Å². The monoisotopic (exact) mass is 549 g/mol. The van der Waals surface area contributed by atoms with E-state index in [2.05, 4.69) is 0 Å². The van der Waals surface area contributed by atoms with Crippen molar-refractivity contribution in [2.75, 3.05) is 0 Å². The summed E-state index contributed by atoms with van der Waals surface area (Å²) in [7, 11) is 0. The number of hydrogen-bond acceptors (Lipinski definition) is 4. The number of carbonyl (C=O) groups is 1. The first kappa shape index (κ1) is 26.5. The number of aromatic hydroxyl groups is 1. The first-order chi connectivity index (χ1) is 8.84. The predicted octanol–water partition coefficient (Wildman–Crippen LogP) is -0.422. The van der Waals surface area contributed by atoms with Crippen molar-refractivity contribution >= 4 is 16.8 Å².